The Bertz CT molecular complexity index is 728. The number of hydrogen-bond donors (Lipinski definition) is 1. The molecule has 0 aliphatic carbocycles. The van der Waals surface area contributed by atoms with E-state index in [2.05, 4.69) is 24.1 Å². The lowest BCUT2D eigenvalue weighted by Crippen LogP contribution is -2.33. The summed E-state index contributed by atoms with van der Waals surface area (Å²) in [5.41, 5.74) is 2.00. The van der Waals surface area contributed by atoms with Crippen LogP contribution in [-0.4, -0.2) is 43.1 Å². The molecular weight excluding hydrogens is 330 g/mol. The fraction of sp³-hybridized carbons (Fsp3) is 0.400. The highest BCUT2D eigenvalue weighted by molar-refractivity contribution is 5.93. The van der Waals surface area contributed by atoms with Crippen LogP contribution in [0.2, 0.25) is 0 Å². The van der Waals surface area contributed by atoms with Crippen LogP contribution in [0.25, 0.3) is 0 Å². The quantitative estimate of drug-likeness (QED) is 0.732. The van der Waals surface area contributed by atoms with Crippen LogP contribution in [0.1, 0.15) is 37.2 Å². The van der Waals surface area contributed by atoms with Gasteiger partial charge in [-0.2, -0.15) is 0 Å². The van der Waals surface area contributed by atoms with Crippen LogP contribution in [0, 0.1) is 0 Å². The predicted octanol–water partition coefficient (Wildman–Crippen LogP) is 4.10. The number of carbonyl (C=O) groups excluding carboxylic acids is 1. The molecule has 26 heavy (non-hydrogen) atoms. The highest BCUT2D eigenvalue weighted by Gasteiger charge is 2.16. The number of amides is 1. The topological polar surface area (TPSA) is 63.7 Å². The molecule has 0 radical (unpaired) electrons. The zero-order valence-corrected chi connectivity index (χ0v) is 15.9. The number of pyridine rings is 1. The molecule has 0 aliphatic heterocycles. The first-order valence-electron chi connectivity index (χ1n) is 8.87. The monoisotopic (exact) mass is 357 g/mol. The maximum absolute atomic E-state index is 12.7. The first-order valence-corrected chi connectivity index (χ1v) is 8.87. The van der Waals surface area contributed by atoms with Gasteiger partial charge < -0.3 is 19.7 Å². The summed E-state index contributed by atoms with van der Waals surface area (Å²) in [6.07, 6.45) is 3.49. The van der Waals surface area contributed by atoms with Gasteiger partial charge in [0.15, 0.2) is 0 Å². The standard InChI is InChI=1S/C20H27N3O3/c1-5-11-23(12-6-2)20(24)18-13-15(9-10-21-18)22-17-8-7-16(25-3)14-19(17)26-4/h7-10,13-14H,5-6,11-12H2,1-4H3,(H,21,22). The maximum Gasteiger partial charge on any atom is 0.272 e. The second kappa shape index (κ2) is 9.65. The number of nitrogens with zero attached hydrogens (tertiary/aromatic N) is 2. The fourth-order valence-electron chi connectivity index (χ4n) is 2.70. The van der Waals surface area contributed by atoms with Gasteiger partial charge in [-0.15, -0.1) is 0 Å². The van der Waals surface area contributed by atoms with Crippen LogP contribution in [0.3, 0.4) is 0 Å². The summed E-state index contributed by atoms with van der Waals surface area (Å²) in [6.45, 7) is 5.60. The first kappa shape index (κ1) is 19.6. The average molecular weight is 357 g/mol. The lowest BCUT2D eigenvalue weighted by molar-refractivity contribution is 0.0749. The minimum absolute atomic E-state index is 0.0426. The highest BCUT2D eigenvalue weighted by Crippen LogP contribution is 2.31. The third kappa shape index (κ3) is 4.88. The van der Waals surface area contributed by atoms with Gasteiger partial charge in [-0.25, -0.2) is 0 Å². The van der Waals surface area contributed by atoms with Gasteiger partial charge >= 0.3 is 0 Å². The Morgan fingerprint density at radius 1 is 1.08 bits per heavy atom. The van der Waals surface area contributed by atoms with Crippen LogP contribution in [0.4, 0.5) is 11.4 Å². The van der Waals surface area contributed by atoms with Crippen molar-refractivity contribution in [1.29, 1.82) is 0 Å². The van der Waals surface area contributed by atoms with Gasteiger partial charge in [-0.05, 0) is 37.1 Å². The van der Waals surface area contributed by atoms with E-state index in [0.29, 0.717) is 17.2 Å². The number of hydrogen-bond acceptors (Lipinski definition) is 5. The van der Waals surface area contributed by atoms with Crippen molar-refractivity contribution in [3.05, 3.63) is 42.2 Å². The molecule has 0 unspecified atom stereocenters. The Labute approximate surface area is 155 Å². The number of benzene rings is 1. The zero-order chi connectivity index (χ0) is 18.9. The molecule has 1 amide bonds. The van der Waals surface area contributed by atoms with Crippen LogP contribution in [-0.2, 0) is 0 Å². The number of nitrogens with one attached hydrogen (secondary N) is 1. The van der Waals surface area contributed by atoms with Gasteiger partial charge in [0.25, 0.3) is 5.91 Å². The van der Waals surface area contributed by atoms with Crippen molar-refractivity contribution in [2.45, 2.75) is 26.7 Å². The molecule has 0 fully saturated rings. The summed E-state index contributed by atoms with van der Waals surface area (Å²) in [7, 11) is 3.22. The number of anilines is 2. The van der Waals surface area contributed by atoms with E-state index in [1.165, 1.54) is 0 Å². The molecule has 2 rings (SSSR count). The van der Waals surface area contributed by atoms with E-state index in [9.17, 15) is 4.79 Å². The molecule has 1 aromatic heterocycles. The van der Waals surface area contributed by atoms with E-state index < -0.39 is 0 Å². The smallest absolute Gasteiger partial charge is 0.272 e. The third-order valence-electron chi connectivity index (χ3n) is 3.94. The van der Waals surface area contributed by atoms with E-state index >= 15 is 0 Å². The van der Waals surface area contributed by atoms with Crippen molar-refractivity contribution in [3.8, 4) is 11.5 Å². The number of methoxy groups -OCH3 is 2. The summed E-state index contributed by atoms with van der Waals surface area (Å²) in [6, 6.07) is 9.12. The first-order chi connectivity index (χ1) is 12.6. The molecule has 0 spiro atoms. The van der Waals surface area contributed by atoms with Crippen molar-refractivity contribution < 1.29 is 14.3 Å². The summed E-state index contributed by atoms with van der Waals surface area (Å²) >= 11 is 0. The van der Waals surface area contributed by atoms with E-state index in [4.69, 9.17) is 9.47 Å². The minimum Gasteiger partial charge on any atom is -0.497 e. The number of carbonyl (C=O) groups is 1. The third-order valence-corrected chi connectivity index (χ3v) is 3.94. The Kier molecular flexibility index (Phi) is 7.26. The Balaban J connectivity index is 2.22. The molecule has 6 nitrogen and oxygen atoms in total. The fourth-order valence-corrected chi connectivity index (χ4v) is 2.70. The molecule has 6 heteroatoms. The van der Waals surface area contributed by atoms with Crippen molar-refractivity contribution >= 4 is 17.3 Å². The van der Waals surface area contributed by atoms with Crippen LogP contribution in [0.15, 0.2) is 36.5 Å². The lowest BCUT2D eigenvalue weighted by atomic mass is 10.2. The van der Waals surface area contributed by atoms with Crippen LogP contribution < -0.4 is 14.8 Å². The molecule has 140 valence electrons. The number of ether oxygens (including phenoxy) is 2. The Morgan fingerprint density at radius 3 is 2.42 bits per heavy atom. The molecule has 0 aliphatic rings. The predicted molar refractivity (Wildman–Crippen MR) is 104 cm³/mol. The second-order valence-electron chi connectivity index (χ2n) is 5.91. The van der Waals surface area contributed by atoms with E-state index in [-0.39, 0.29) is 5.91 Å². The number of rotatable bonds is 9. The summed E-state index contributed by atoms with van der Waals surface area (Å²) in [5, 5.41) is 3.28. The SMILES string of the molecule is CCCN(CCC)C(=O)c1cc(Nc2ccc(OC)cc2OC)ccn1. The molecule has 1 heterocycles. The highest BCUT2D eigenvalue weighted by atomic mass is 16.5. The van der Waals surface area contributed by atoms with Crippen molar-refractivity contribution in [2.24, 2.45) is 0 Å². The Morgan fingerprint density at radius 2 is 1.81 bits per heavy atom. The van der Waals surface area contributed by atoms with Gasteiger partial charge in [-0.3, -0.25) is 9.78 Å². The average Bonchev–Trinajstić information content (AvgIpc) is 2.67. The lowest BCUT2D eigenvalue weighted by Gasteiger charge is -2.21. The van der Waals surface area contributed by atoms with Crippen LogP contribution in [0.5, 0.6) is 11.5 Å². The number of aromatic nitrogens is 1. The van der Waals surface area contributed by atoms with Gasteiger partial charge in [0.1, 0.15) is 17.2 Å². The van der Waals surface area contributed by atoms with E-state index in [1.54, 1.807) is 32.5 Å². The maximum atomic E-state index is 12.7. The van der Waals surface area contributed by atoms with Gasteiger partial charge in [0, 0.05) is 31.0 Å². The molecule has 0 atom stereocenters. The molecule has 1 N–H and O–H groups in total. The molecule has 0 saturated carbocycles. The summed E-state index contributed by atoms with van der Waals surface area (Å²) in [4.78, 5) is 18.8. The normalized spacial score (nSPS) is 10.3. The molecule has 0 saturated heterocycles. The van der Waals surface area contributed by atoms with E-state index in [0.717, 1.165) is 37.3 Å². The van der Waals surface area contributed by atoms with Crippen molar-refractivity contribution in [1.82, 2.24) is 9.88 Å². The summed E-state index contributed by atoms with van der Waals surface area (Å²) < 4.78 is 10.6. The molecule has 2 aromatic rings. The van der Waals surface area contributed by atoms with Gasteiger partial charge in [0.05, 0.1) is 19.9 Å². The van der Waals surface area contributed by atoms with Gasteiger partial charge in [0.2, 0.25) is 0 Å². The van der Waals surface area contributed by atoms with Crippen LogP contribution >= 0.6 is 0 Å². The van der Waals surface area contributed by atoms with Crippen molar-refractivity contribution in [2.75, 3.05) is 32.6 Å². The van der Waals surface area contributed by atoms with E-state index in [1.807, 2.05) is 23.1 Å². The Hall–Kier alpha value is -2.76. The molecule has 0 bridgehead atoms. The van der Waals surface area contributed by atoms with Gasteiger partial charge in [-0.1, -0.05) is 13.8 Å². The zero-order valence-electron chi connectivity index (χ0n) is 15.9. The van der Waals surface area contributed by atoms with Crippen molar-refractivity contribution in [3.63, 3.8) is 0 Å². The second-order valence-corrected chi connectivity index (χ2v) is 5.91. The molecular formula is C20H27N3O3. The molecule has 1 aromatic carbocycles. The largest absolute Gasteiger partial charge is 0.497 e. The summed E-state index contributed by atoms with van der Waals surface area (Å²) in [5.74, 6) is 1.33. The minimum atomic E-state index is -0.0426.